The Bertz CT molecular complexity index is 1660. The number of amides is 4. The van der Waals surface area contributed by atoms with Crippen molar-refractivity contribution in [1.82, 2.24) is 25.0 Å². The van der Waals surface area contributed by atoms with Crippen LogP contribution in [0, 0.1) is 0 Å². The van der Waals surface area contributed by atoms with E-state index in [1.54, 1.807) is 29.4 Å². The second kappa shape index (κ2) is 11.6. The van der Waals surface area contributed by atoms with Crippen molar-refractivity contribution < 1.29 is 19.2 Å². The Morgan fingerprint density at radius 3 is 2.69 bits per heavy atom. The maximum absolute atomic E-state index is 13.4. The smallest absolute Gasteiger partial charge is 0.259 e. The monoisotopic (exact) mass is 564 g/mol. The molecule has 6 rings (SSSR count). The van der Waals surface area contributed by atoms with Gasteiger partial charge in [-0.1, -0.05) is 18.2 Å². The van der Waals surface area contributed by atoms with Crippen molar-refractivity contribution in [1.29, 1.82) is 0 Å². The standard InChI is InChI=1S/C32H32N6O4/c1-21(7-10-29(40)34-20-39)38-28-9-8-23(26-5-2-6-27(30(26)28)32(38)42)16-22-17-35-37(19-22)25-11-14-36(15-12-25)31(41)24-4-3-13-33-18-24/h2-6,8-9,13,17-21,25H,7,10-12,14-16H2,1H3,(H,34,39,40). The summed E-state index contributed by atoms with van der Waals surface area (Å²) in [4.78, 5) is 56.3. The van der Waals surface area contributed by atoms with E-state index in [1.807, 2.05) is 40.9 Å². The van der Waals surface area contributed by atoms with Crippen molar-refractivity contribution in [2.24, 2.45) is 0 Å². The maximum atomic E-state index is 13.4. The third kappa shape index (κ3) is 5.15. The van der Waals surface area contributed by atoms with Gasteiger partial charge in [0.15, 0.2) is 0 Å². The zero-order valence-corrected chi connectivity index (χ0v) is 23.4. The first kappa shape index (κ1) is 27.3. The second-order valence-corrected chi connectivity index (χ2v) is 11.0. The van der Waals surface area contributed by atoms with Crippen LogP contribution in [0.25, 0.3) is 10.8 Å². The summed E-state index contributed by atoms with van der Waals surface area (Å²) >= 11 is 0. The summed E-state index contributed by atoms with van der Waals surface area (Å²) in [6.07, 6.45) is 10.6. The number of piperidine rings is 1. The van der Waals surface area contributed by atoms with Gasteiger partial charge in [0.05, 0.1) is 23.5 Å². The number of anilines is 1. The van der Waals surface area contributed by atoms with E-state index >= 15 is 0 Å². The summed E-state index contributed by atoms with van der Waals surface area (Å²) in [6.45, 7) is 3.27. The van der Waals surface area contributed by atoms with Crippen LogP contribution in [0.3, 0.4) is 0 Å². The quantitative estimate of drug-likeness (QED) is 0.308. The summed E-state index contributed by atoms with van der Waals surface area (Å²) in [5.41, 5.74) is 4.32. The van der Waals surface area contributed by atoms with E-state index in [4.69, 9.17) is 0 Å². The molecule has 4 aromatic rings. The molecule has 1 fully saturated rings. The summed E-state index contributed by atoms with van der Waals surface area (Å²) in [7, 11) is 0. The van der Waals surface area contributed by atoms with Crippen molar-refractivity contribution in [2.75, 3.05) is 18.0 Å². The van der Waals surface area contributed by atoms with E-state index in [1.165, 1.54) is 0 Å². The van der Waals surface area contributed by atoms with Crippen LogP contribution < -0.4 is 10.2 Å². The second-order valence-electron chi connectivity index (χ2n) is 11.0. The van der Waals surface area contributed by atoms with Gasteiger partial charge in [0.25, 0.3) is 11.8 Å². The first-order chi connectivity index (χ1) is 20.4. The van der Waals surface area contributed by atoms with Crippen LogP contribution in [-0.2, 0) is 16.0 Å². The van der Waals surface area contributed by atoms with E-state index in [2.05, 4.69) is 33.7 Å². The van der Waals surface area contributed by atoms with Crippen molar-refractivity contribution in [3.8, 4) is 0 Å². The lowest BCUT2D eigenvalue weighted by Crippen LogP contribution is -2.39. The summed E-state index contributed by atoms with van der Waals surface area (Å²) < 4.78 is 2.02. The van der Waals surface area contributed by atoms with Crippen molar-refractivity contribution in [2.45, 2.75) is 51.1 Å². The van der Waals surface area contributed by atoms with Gasteiger partial charge in [0, 0.05) is 61.5 Å². The number of nitrogens with one attached hydrogen (secondary N) is 1. The molecule has 2 aliphatic heterocycles. The molecule has 1 saturated heterocycles. The molecule has 10 nitrogen and oxygen atoms in total. The van der Waals surface area contributed by atoms with Crippen molar-refractivity contribution in [3.05, 3.63) is 89.5 Å². The molecule has 0 aliphatic carbocycles. The molecule has 10 heteroatoms. The lowest BCUT2D eigenvalue weighted by atomic mass is 9.97. The van der Waals surface area contributed by atoms with Crippen LogP contribution in [0.5, 0.6) is 0 Å². The number of pyridine rings is 1. The molecule has 2 aromatic carbocycles. The number of aromatic nitrogens is 3. The number of likely N-dealkylation sites (tertiary alicyclic amines) is 1. The van der Waals surface area contributed by atoms with Gasteiger partial charge in [-0.05, 0) is 67.0 Å². The molecule has 4 amide bonds. The number of rotatable bonds is 9. The molecule has 0 radical (unpaired) electrons. The van der Waals surface area contributed by atoms with Crippen molar-refractivity contribution in [3.63, 3.8) is 0 Å². The van der Waals surface area contributed by atoms with Gasteiger partial charge in [-0.2, -0.15) is 5.10 Å². The Kier molecular flexibility index (Phi) is 7.52. The zero-order chi connectivity index (χ0) is 29.2. The molecule has 2 aromatic heterocycles. The Balaban J connectivity index is 1.15. The SMILES string of the molecule is CC(CCC(=O)NC=O)N1C(=O)c2cccc3c(Cc4cnn(C5CCN(C(=O)c6cccnc6)CC5)c4)ccc1c23. The van der Waals surface area contributed by atoms with Gasteiger partial charge >= 0.3 is 0 Å². The number of carbonyl (C=O) groups excluding carboxylic acids is 4. The Labute approximate surface area is 243 Å². The molecular formula is C32H32N6O4. The summed E-state index contributed by atoms with van der Waals surface area (Å²) in [6, 6.07) is 13.5. The minimum Gasteiger partial charge on any atom is -0.338 e. The molecule has 4 heterocycles. The molecule has 1 N–H and O–H groups in total. The molecule has 214 valence electrons. The number of nitrogens with zero attached hydrogens (tertiary/aromatic N) is 5. The minimum absolute atomic E-state index is 0.0181. The first-order valence-electron chi connectivity index (χ1n) is 14.3. The lowest BCUT2D eigenvalue weighted by molar-refractivity contribution is -0.125. The van der Waals surface area contributed by atoms with E-state index in [0.717, 1.165) is 40.4 Å². The predicted molar refractivity (Wildman–Crippen MR) is 157 cm³/mol. The third-order valence-electron chi connectivity index (χ3n) is 8.35. The highest BCUT2D eigenvalue weighted by atomic mass is 16.2. The maximum Gasteiger partial charge on any atom is 0.259 e. The highest BCUT2D eigenvalue weighted by Gasteiger charge is 2.33. The normalized spacial score (nSPS) is 15.7. The highest BCUT2D eigenvalue weighted by Crippen LogP contribution is 2.41. The minimum atomic E-state index is -0.356. The van der Waals surface area contributed by atoms with Gasteiger partial charge in [0.1, 0.15) is 0 Å². The van der Waals surface area contributed by atoms with E-state index < -0.39 is 0 Å². The molecule has 1 atom stereocenters. The first-order valence-corrected chi connectivity index (χ1v) is 14.3. The van der Waals surface area contributed by atoms with Gasteiger partial charge in [0.2, 0.25) is 12.3 Å². The average Bonchev–Trinajstić information content (AvgIpc) is 3.60. The van der Waals surface area contributed by atoms with Crippen molar-refractivity contribution >= 4 is 40.6 Å². The zero-order valence-electron chi connectivity index (χ0n) is 23.4. The van der Waals surface area contributed by atoms with E-state index in [9.17, 15) is 19.2 Å². The van der Waals surface area contributed by atoms with Gasteiger partial charge in [-0.25, -0.2) is 0 Å². The van der Waals surface area contributed by atoms with Crippen LogP contribution in [0.4, 0.5) is 5.69 Å². The van der Waals surface area contributed by atoms with Gasteiger partial charge < -0.3 is 9.80 Å². The Morgan fingerprint density at radius 2 is 1.93 bits per heavy atom. The number of hydrogen-bond acceptors (Lipinski definition) is 6. The number of imide groups is 1. The fraction of sp³-hybridized carbons (Fsp3) is 0.312. The molecule has 1 unspecified atom stereocenters. The largest absolute Gasteiger partial charge is 0.338 e. The predicted octanol–water partition coefficient (Wildman–Crippen LogP) is 3.90. The lowest BCUT2D eigenvalue weighted by Gasteiger charge is -2.32. The number of hydrogen-bond donors (Lipinski definition) is 1. The molecule has 0 saturated carbocycles. The molecule has 0 spiro atoms. The van der Waals surface area contributed by atoms with E-state index in [0.29, 0.717) is 43.5 Å². The van der Waals surface area contributed by atoms with Gasteiger partial charge in [-0.15, -0.1) is 0 Å². The van der Waals surface area contributed by atoms with Gasteiger partial charge in [-0.3, -0.25) is 34.2 Å². The summed E-state index contributed by atoms with van der Waals surface area (Å²) in [5, 5.41) is 8.79. The number of benzene rings is 2. The van der Waals surface area contributed by atoms with E-state index in [-0.39, 0.29) is 36.2 Å². The van der Waals surface area contributed by atoms with Crippen LogP contribution in [0.1, 0.15) is 70.5 Å². The van der Waals surface area contributed by atoms with Crippen LogP contribution in [-0.4, -0.2) is 62.9 Å². The molecular weight excluding hydrogens is 532 g/mol. The summed E-state index contributed by atoms with van der Waals surface area (Å²) in [5.74, 6) is -0.410. The number of carbonyl (C=O) groups is 4. The molecule has 0 bridgehead atoms. The topological polar surface area (TPSA) is 118 Å². The van der Waals surface area contributed by atoms with Crippen LogP contribution in [0.2, 0.25) is 0 Å². The third-order valence-corrected chi connectivity index (χ3v) is 8.35. The fourth-order valence-electron chi connectivity index (χ4n) is 6.16. The Hall–Kier alpha value is -4.86. The van der Waals surface area contributed by atoms with Crippen LogP contribution >= 0.6 is 0 Å². The fourth-order valence-corrected chi connectivity index (χ4v) is 6.16. The molecule has 42 heavy (non-hydrogen) atoms. The van der Waals surface area contributed by atoms with Crippen LogP contribution in [0.15, 0.2) is 67.3 Å². The average molecular weight is 565 g/mol. The molecule has 2 aliphatic rings. The Morgan fingerprint density at radius 1 is 1.10 bits per heavy atom. The highest BCUT2D eigenvalue weighted by molar-refractivity contribution is 6.25.